The number of aryl methyl sites for hydroxylation is 2. The van der Waals surface area contributed by atoms with Crippen LogP contribution in [-0.2, 0) is 13.0 Å². The highest BCUT2D eigenvalue weighted by molar-refractivity contribution is 6.03. The Morgan fingerprint density at radius 2 is 2.04 bits per heavy atom. The van der Waals surface area contributed by atoms with Crippen LogP contribution in [0.15, 0.2) is 10.6 Å². The van der Waals surface area contributed by atoms with E-state index in [1.807, 2.05) is 13.8 Å². The van der Waals surface area contributed by atoms with Gasteiger partial charge in [-0.25, -0.2) is 0 Å². The molecule has 2 aromatic heterocycles. The van der Waals surface area contributed by atoms with E-state index >= 15 is 0 Å². The van der Waals surface area contributed by atoms with Crippen molar-refractivity contribution in [2.24, 2.45) is 0 Å². The molecule has 25 heavy (non-hydrogen) atoms. The number of carbonyl (C=O) groups is 2. The van der Waals surface area contributed by atoms with Crippen molar-refractivity contribution in [3.63, 3.8) is 0 Å². The number of hydrogen-bond donors (Lipinski definition) is 1. The van der Waals surface area contributed by atoms with Crippen molar-refractivity contribution in [1.82, 2.24) is 10.3 Å². The van der Waals surface area contributed by atoms with E-state index in [2.05, 4.69) is 10.3 Å². The zero-order valence-corrected chi connectivity index (χ0v) is 15.0. The van der Waals surface area contributed by atoms with E-state index in [9.17, 15) is 9.59 Å². The van der Waals surface area contributed by atoms with Crippen LogP contribution in [0.5, 0.6) is 5.75 Å². The lowest BCUT2D eigenvalue weighted by Crippen LogP contribution is -2.24. The summed E-state index contributed by atoms with van der Waals surface area (Å²) < 4.78 is 11.1. The number of fused-ring (bicyclic) bond motifs is 1. The highest BCUT2D eigenvalue weighted by atomic mass is 16.5. The van der Waals surface area contributed by atoms with Crippen LogP contribution in [0, 0.1) is 20.8 Å². The number of carbonyl (C=O) groups excluding carboxylic acids is 2. The predicted octanol–water partition coefficient (Wildman–Crippen LogP) is 3.06. The second-order valence-electron chi connectivity index (χ2n) is 6.36. The lowest BCUT2D eigenvalue weighted by Gasteiger charge is -2.12. The largest absolute Gasteiger partial charge is 0.496 e. The van der Waals surface area contributed by atoms with Gasteiger partial charge in [-0.15, -0.1) is 0 Å². The van der Waals surface area contributed by atoms with E-state index in [1.54, 1.807) is 20.2 Å². The summed E-state index contributed by atoms with van der Waals surface area (Å²) in [5, 5.41) is 2.83. The summed E-state index contributed by atoms with van der Waals surface area (Å²) in [6.45, 7) is 5.86. The average molecular weight is 342 g/mol. The molecule has 0 atom stereocenters. The van der Waals surface area contributed by atoms with Gasteiger partial charge >= 0.3 is 0 Å². The maximum atomic E-state index is 12.5. The van der Waals surface area contributed by atoms with Gasteiger partial charge in [0.1, 0.15) is 11.5 Å². The first-order valence-electron chi connectivity index (χ1n) is 8.36. The van der Waals surface area contributed by atoms with Crippen molar-refractivity contribution in [2.75, 3.05) is 7.11 Å². The predicted molar refractivity (Wildman–Crippen MR) is 92.1 cm³/mol. The number of pyridine rings is 1. The molecule has 0 fully saturated rings. The number of nitrogens with one attached hydrogen (secondary N) is 1. The summed E-state index contributed by atoms with van der Waals surface area (Å²) in [6.07, 6.45) is 3.71. The number of ether oxygens (including phenoxy) is 1. The molecule has 0 radical (unpaired) electrons. The zero-order valence-electron chi connectivity index (χ0n) is 15.0. The summed E-state index contributed by atoms with van der Waals surface area (Å²) >= 11 is 0. The lowest BCUT2D eigenvalue weighted by molar-refractivity contribution is 0.0916. The highest BCUT2D eigenvalue weighted by Gasteiger charge is 2.28. The molecule has 0 unspecified atom stereocenters. The first-order valence-corrected chi connectivity index (χ1v) is 8.36. The molecular weight excluding hydrogens is 320 g/mol. The van der Waals surface area contributed by atoms with Crippen LogP contribution in [0.2, 0.25) is 0 Å². The number of amides is 1. The molecule has 6 heteroatoms. The van der Waals surface area contributed by atoms with Gasteiger partial charge in [0.05, 0.1) is 24.9 Å². The Morgan fingerprint density at radius 3 is 2.72 bits per heavy atom. The zero-order chi connectivity index (χ0) is 18.1. The molecule has 1 N–H and O–H groups in total. The molecule has 0 aromatic carbocycles. The summed E-state index contributed by atoms with van der Waals surface area (Å²) in [6, 6.07) is 0. The molecule has 0 bridgehead atoms. The van der Waals surface area contributed by atoms with Crippen LogP contribution in [0.25, 0.3) is 0 Å². The van der Waals surface area contributed by atoms with Gasteiger partial charge in [-0.05, 0) is 27.2 Å². The fraction of sp³-hybridized carbons (Fsp3) is 0.421. The summed E-state index contributed by atoms with van der Waals surface area (Å²) in [4.78, 5) is 28.9. The Labute approximate surface area is 146 Å². The van der Waals surface area contributed by atoms with Crippen molar-refractivity contribution in [1.29, 1.82) is 0 Å². The molecule has 2 aromatic rings. The van der Waals surface area contributed by atoms with E-state index in [-0.39, 0.29) is 24.0 Å². The van der Waals surface area contributed by atoms with Gasteiger partial charge in [0.2, 0.25) is 0 Å². The van der Waals surface area contributed by atoms with Gasteiger partial charge in [-0.1, -0.05) is 0 Å². The summed E-state index contributed by atoms with van der Waals surface area (Å²) in [5.41, 5.74) is 3.79. The van der Waals surface area contributed by atoms with Crippen LogP contribution in [0.1, 0.15) is 61.9 Å². The normalized spacial score (nSPS) is 13.5. The van der Waals surface area contributed by atoms with Gasteiger partial charge in [0.25, 0.3) is 5.91 Å². The maximum Gasteiger partial charge on any atom is 0.287 e. The average Bonchev–Trinajstić information content (AvgIpc) is 2.92. The van der Waals surface area contributed by atoms with Gasteiger partial charge in [-0.3, -0.25) is 14.6 Å². The molecule has 0 aliphatic heterocycles. The Morgan fingerprint density at radius 1 is 1.28 bits per heavy atom. The standard InChI is InChI=1S/C19H22N2O4/c1-10-8-20-13(11(2)17(10)24-4)9-21-19(23)18-12(3)16-14(22)6-5-7-15(16)25-18/h8H,5-7,9H2,1-4H3,(H,21,23). The van der Waals surface area contributed by atoms with E-state index in [0.717, 1.165) is 29.0 Å². The molecule has 1 aliphatic carbocycles. The fourth-order valence-corrected chi connectivity index (χ4v) is 3.36. The van der Waals surface area contributed by atoms with Crippen molar-refractivity contribution in [3.8, 4) is 5.75 Å². The molecule has 0 saturated heterocycles. The van der Waals surface area contributed by atoms with Crippen LogP contribution in [0.3, 0.4) is 0 Å². The Bertz CT molecular complexity index is 852. The Balaban J connectivity index is 1.79. The number of methoxy groups -OCH3 is 1. The third-order valence-corrected chi connectivity index (χ3v) is 4.68. The topological polar surface area (TPSA) is 81.4 Å². The second-order valence-corrected chi connectivity index (χ2v) is 6.36. The van der Waals surface area contributed by atoms with Crippen molar-refractivity contribution >= 4 is 11.7 Å². The van der Waals surface area contributed by atoms with Crippen LogP contribution in [-0.4, -0.2) is 23.8 Å². The summed E-state index contributed by atoms with van der Waals surface area (Å²) in [7, 11) is 1.62. The molecule has 1 aliphatic rings. The van der Waals surface area contributed by atoms with E-state index in [0.29, 0.717) is 29.7 Å². The number of Topliss-reactive ketones (excluding diaryl/α,β-unsaturated/α-hetero) is 1. The second kappa shape index (κ2) is 6.70. The molecule has 1 amide bonds. The third-order valence-electron chi connectivity index (χ3n) is 4.68. The molecule has 6 nitrogen and oxygen atoms in total. The van der Waals surface area contributed by atoms with Gasteiger partial charge in [0.15, 0.2) is 11.5 Å². The summed E-state index contributed by atoms with van der Waals surface area (Å²) in [5.74, 6) is 1.35. The van der Waals surface area contributed by atoms with Crippen molar-refractivity contribution < 1.29 is 18.7 Å². The van der Waals surface area contributed by atoms with Crippen LogP contribution >= 0.6 is 0 Å². The van der Waals surface area contributed by atoms with E-state index in [1.165, 1.54) is 0 Å². The number of furan rings is 1. The minimum atomic E-state index is -0.333. The van der Waals surface area contributed by atoms with Gasteiger partial charge < -0.3 is 14.5 Å². The third kappa shape index (κ3) is 3.04. The quantitative estimate of drug-likeness (QED) is 0.923. The van der Waals surface area contributed by atoms with E-state index in [4.69, 9.17) is 9.15 Å². The molecule has 2 heterocycles. The first kappa shape index (κ1) is 17.2. The molecule has 132 valence electrons. The van der Waals surface area contributed by atoms with Crippen molar-refractivity contribution in [2.45, 2.75) is 46.6 Å². The highest BCUT2D eigenvalue weighted by Crippen LogP contribution is 2.29. The molecular formula is C19H22N2O4. The molecule has 3 rings (SSSR count). The van der Waals surface area contributed by atoms with Crippen LogP contribution in [0.4, 0.5) is 0 Å². The monoisotopic (exact) mass is 342 g/mol. The smallest absolute Gasteiger partial charge is 0.287 e. The number of hydrogen-bond acceptors (Lipinski definition) is 5. The van der Waals surface area contributed by atoms with Crippen molar-refractivity contribution in [3.05, 3.63) is 45.7 Å². The fourth-order valence-electron chi connectivity index (χ4n) is 3.36. The number of aromatic nitrogens is 1. The SMILES string of the molecule is COc1c(C)cnc(CNC(=O)c2oc3c(c2C)C(=O)CCC3)c1C. The lowest BCUT2D eigenvalue weighted by atomic mass is 9.94. The minimum Gasteiger partial charge on any atom is -0.496 e. The molecule has 0 saturated carbocycles. The van der Waals surface area contributed by atoms with Gasteiger partial charge in [-0.2, -0.15) is 0 Å². The minimum absolute atomic E-state index is 0.0577. The number of rotatable bonds is 4. The van der Waals surface area contributed by atoms with E-state index < -0.39 is 0 Å². The van der Waals surface area contributed by atoms with Crippen LogP contribution < -0.4 is 10.1 Å². The van der Waals surface area contributed by atoms with Gasteiger partial charge in [0, 0.05) is 35.7 Å². The Kier molecular flexibility index (Phi) is 4.61. The molecule has 0 spiro atoms. The maximum absolute atomic E-state index is 12.5. The first-order chi connectivity index (χ1) is 11.9. The number of nitrogens with zero attached hydrogens (tertiary/aromatic N) is 1. The Hall–Kier alpha value is -2.63. The number of ketones is 1.